The molecule has 3 aliphatic rings. The molecule has 0 spiro atoms. The summed E-state index contributed by atoms with van der Waals surface area (Å²) in [6.45, 7) is 0.291. The van der Waals surface area contributed by atoms with Crippen molar-refractivity contribution in [3.63, 3.8) is 0 Å². The first kappa shape index (κ1) is 22.0. The second-order valence-electron chi connectivity index (χ2n) is 9.77. The Bertz CT molecular complexity index is 1250. The van der Waals surface area contributed by atoms with Gasteiger partial charge in [0, 0.05) is 17.5 Å². The lowest BCUT2D eigenvalue weighted by atomic mass is 9.83. The molecular formula is C30H27F2NO2. The van der Waals surface area contributed by atoms with Gasteiger partial charge in [0.05, 0.1) is 6.04 Å². The molecule has 2 unspecified atom stereocenters. The Morgan fingerprint density at radius 1 is 0.886 bits per heavy atom. The van der Waals surface area contributed by atoms with Crippen LogP contribution in [0.2, 0.25) is 0 Å². The normalized spacial score (nSPS) is 20.7. The smallest absolute Gasteiger partial charge is 0.410 e. The summed E-state index contributed by atoms with van der Waals surface area (Å²) < 4.78 is 34.4. The Balaban J connectivity index is 1.19. The largest absolute Gasteiger partial charge is 0.448 e. The summed E-state index contributed by atoms with van der Waals surface area (Å²) in [5, 5.41) is 0. The van der Waals surface area contributed by atoms with E-state index in [1.807, 2.05) is 35.2 Å². The standard InChI is InChI=1S/C30H27F2NO2/c31-28-13-6-14-29(32)26(28)17-19-15-20-7-5-8-21(16-19)33(20)30(34)35-18-27-24-11-3-1-9-22(24)23-10-2-4-12-25(23)27/h1-4,6,9-15,20-21,27H,5,7-8,16-18H2. The van der Waals surface area contributed by atoms with E-state index in [-0.39, 0.29) is 36.1 Å². The van der Waals surface area contributed by atoms with E-state index in [2.05, 4.69) is 24.3 Å². The number of hydrogen-bond donors (Lipinski definition) is 0. The summed E-state index contributed by atoms with van der Waals surface area (Å²) in [6, 6.07) is 20.5. The number of ether oxygens (including phenoxy) is 1. The van der Waals surface area contributed by atoms with E-state index in [4.69, 9.17) is 4.74 Å². The Labute approximate surface area is 204 Å². The number of rotatable bonds is 4. The molecule has 3 aromatic rings. The third-order valence-corrected chi connectivity index (χ3v) is 7.73. The fourth-order valence-corrected chi connectivity index (χ4v) is 6.13. The van der Waals surface area contributed by atoms with Crippen LogP contribution in [-0.4, -0.2) is 29.7 Å². The number of benzene rings is 3. The molecule has 5 heteroatoms. The maximum Gasteiger partial charge on any atom is 0.410 e. The monoisotopic (exact) mass is 471 g/mol. The number of carbonyl (C=O) groups excluding carboxylic acids is 1. The first-order valence-corrected chi connectivity index (χ1v) is 12.4. The number of amides is 1. The van der Waals surface area contributed by atoms with Crippen LogP contribution in [0.25, 0.3) is 11.1 Å². The highest BCUT2D eigenvalue weighted by Crippen LogP contribution is 2.45. The quantitative estimate of drug-likeness (QED) is 0.383. The molecule has 0 aromatic heterocycles. The Morgan fingerprint density at radius 3 is 2.20 bits per heavy atom. The Kier molecular flexibility index (Phi) is 5.63. The number of halogens is 2. The van der Waals surface area contributed by atoms with Gasteiger partial charge in [-0.05, 0) is 66.5 Å². The fourth-order valence-electron chi connectivity index (χ4n) is 6.13. The van der Waals surface area contributed by atoms with Gasteiger partial charge >= 0.3 is 6.09 Å². The first-order valence-electron chi connectivity index (χ1n) is 12.4. The number of piperidine rings is 1. The number of hydrogen-bond acceptors (Lipinski definition) is 2. The molecule has 3 nitrogen and oxygen atoms in total. The highest BCUT2D eigenvalue weighted by atomic mass is 19.1. The van der Waals surface area contributed by atoms with Gasteiger partial charge in [-0.3, -0.25) is 4.90 Å². The maximum absolute atomic E-state index is 14.2. The zero-order chi connectivity index (χ0) is 23.9. The molecule has 35 heavy (non-hydrogen) atoms. The number of fused-ring (bicyclic) bond motifs is 5. The molecule has 1 aliphatic carbocycles. The molecule has 3 aromatic carbocycles. The van der Waals surface area contributed by atoms with Crippen LogP contribution < -0.4 is 0 Å². The van der Waals surface area contributed by atoms with Gasteiger partial charge in [0.25, 0.3) is 0 Å². The molecule has 178 valence electrons. The second kappa shape index (κ2) is 8.95. The second-order valence-corrected chi connectivity index (χ2v) is 9.77. The van der Waals surface area contributed by atoms with E-state index in [1.54, 1.807) is 0 Å². The minimum absolute atomic E-state index is 0.000708. The van der Waals surface area contributed by atoms with E-state index in [0.717, 1.165) is 24.8 Å². The first-order chi connectivity index (χ1) is 17.1. The van der Waals surface area contributed by atoms with Gasteiger partial charge < -0.3 is 4.74 Å². The van der Waals surface area contributed by atoms with Gasteiger partial charge in [0.1, 0.15) is 18.2 Å². The summed E-state index contributed by atoms with van der Waals surface area (Å²) in [6.07, 6.45) is 5.33. The van der Waals surface area contributed by atoms with E-state index < -0.39 is 11.6 Å². The lowest BCUT2D eigenvalue weighted by molar-refractivity contribution is 0.0508. The molecule has 2 heterocycles. The molecule has 2 atom stereocenters. The zero-order valence-electron chi connectivity index (χ0n) is 19.4. The summed E-state index contributed by atoms with van der Waals surface area (Å²) in [5.74, 6) is -1.02. The van der Waals surface area contributed by atoms with Crippen LogP contribution in [0.15, 0.2) is 78.4 Å². The van der Waals surface area contributed by atoms with Crippen molar-refractivity contribution in [3.05, 3.63) is 107 Å². The SMILES string of the molecule is O=C(OCC1c2ccccc2-c2ccccc21)N1C2C=C(Cc3c(F)cccc3F)CC1CCC2. The zero-order valence-corrected chi connectivity index (χ0v) is 19.4. The third kappa shape index (κ3) is 3.93. The van der Waals surface area contributed by atoms with E-state index in [1.165, 1.54) is 40.5 Å². The van der Waals surface area contributed by atoms with Crippen molar-refractivity contribution in [1.29, 1.82) is 0 Å². The Hall–Kier alpha value is -3.47. The van der Waals surface area contributed by atoms with Gasteiger partial charge in [-0.2, -0.15) is 0 Å². The third-order valence-electron chi connectivity index (χ3n) is 7.73. The van der Waals surface area contributed by atoms with Crippen molar-refractivity contribution < 1.29 is 18.3 Å². The molecule has 1 fully saturated rings. The van der Waals surface area contributed by atoms with E-state index in [9.17, 15) is 13.6 Å². The van der Waals surface area contributed by atoms with Crippen molar-refractivity contribution in [3.8, 4) is 11.1 Å². The molecule has 1 amide bonds. The van der Waals surface area contributed by atoms with Crippen molar-refractivity contribution in [2.45, 2.75) is 50.1 Å². The molecule has 0 N–H and O–H groups in total. The molecule has 2 aliphatic heterocycles. The lowest BCUT2D eigenvalue weighted by Gasteiger charge is -2.44. The van der Waals surface area contributed by atoms with Gasteiger partial charge in [-0.15, -0.1) is 0 Å². The number of carbonyl (C=O) groups is 1. The van der Waals surface area contributed by atoms with Gasteiger partial charge in [-0.25, -0.2) is 13.6 Å². The van der Waals surface area contributed by atoms with Crippen LogP contribution in [0.4, 0.5) is 13.6 Å². The fraction of sp³-hybridized carbons (Fsp3) is 0.300. The van der Waals surface area contributed by atoms with Crippen LogP contribution >= 0.6 is 0 Å². The molecule has 1 saturated heterocycles. The topological polar surface area (TPSA) is 29.5 Å². The van der Waals surface area contributed by atoms with Crippen molar-refractivity contribution in [2.75, 3.05) is 6.61 Å². The van der Waals surface area contributed by atoms with Crippen LogP contribution in [0.5, 0.6) is 0 Å². The lowest BCUT2D eigenvalue weighted by Crippen LogP contribution is -2.52. The average molecular weight is 472 g/mol. The van der Waals surface area contributed by atoms with Crippen LogP contribution in [0.1, 0.15) is 48.3 Å². The van der Waals surface area contributed by atoms with E-state index in [0.29, 0.717) is 13.0 Å². The maximum atomic E-state index is 14.2. The van der Waals surface area contributed by atoms with Crippen molar-refractivity contribution in [1.82, 2.24) is 4.90 Å². The number of nitrogens with zero attached hydrogens (tertiary/aromatic N) is 1. The van der Waals surface area contributed by atoms with Crippen LogP contribution in [0, 0.1) is 11.6 Å². The van der Waals surface area contributed by atoms with Gasteiger partial charge in [0.2, 0.25) is 0 Å². The van der Waals surface area contributed by atoms with Gasteiger partial charge in [0.15, 0.2) is 0 Å². The predicted octanol–water partition coefficient (Wildman–Crippen LogP) is 7.01. The predicted molar refractivity (Wildman–Crippen MR) is 131 cm³/mol. The van der Waals surface area contributed by atoms with Crippen LogP contribution in [-0.2, 0) is 11.2 Å². The highest BCUT2D eigenvalue weighted by molar-refractivity contribution is 5.79. The molecule has 6 rings (SSSR count). The van der Waals surface area contributed by atoms with Gasteiger partial charge in [-0.1, -0.05) is 66.2 Å². The molecule has 0 saturated carbocycles. The minimum Gasteiger partial charge on any atom is -0.448 e. The Morgan fingerprint density at radius 2 is 1.54 bits per heavy atom. The summed E-state index contributed by atoms with van der Waals surface area (Å²) >= 11 is 0. The van der Waals surface area contributed by atoms with E-state index >= 15 is 0 Å². The summed E-state index contributed by atoms with van der Waals surface area (Å²) in [4.78, 5) is 15.2. The highest BCUT2D eigenvalue weighted by Gasteiger charge is 2.39. The van der Waals surface area contributed by atoms with Crippen LogP contribution in [0.3, 0.4) is 0 Å². The summed E-state index contributed by atoms with van der Waals surface area (Å²) in [7, 11) is 0. The van der Waals surface area contributed by atoms with Crippen molar-refractivity contribution in [2.24, 2.45) is 0 Å². The summed E-state index contributed by atoms with van der Waals surface area (Å²) in [5.41, 5.74) is 5.88. The van der Waals surface area contributed by atoms with Crippen molar-refractivity contribution >= 4 is 6.09 Å². The average Bonchev–Trinajstić information content (AvgIpc) is 3.18. The molecular weight excluding hydrogens is 444 g/mol. The minimum atomic E-state index is -0.518. The molecule has 0 radical (unpaired) electrons. The molecule has 2 bridgehead atoms.